The molecule has 18 heavy (non-hydrogen) atoms. The van der Waals surface area contributed by atoms with Crippen molar-refractivity contribution >= 4 is 0 Å². The molecular weight excluding hydrogens is 218 g/mol. The summed E-state index contributed by atoms with van der Waals surface area (Å²) >= 11 is 0. The summed E-state index contributed by atoms with van der Waals surface area (Å²) in [5.74, 6) is 2.84. The van der Waals surface area contributed by atoms with Crippen molar-refractivity contribution in [1.29, 1.82) is 5.26 Å². The molecule has 0 aliphatic heterocycles. The van der Waals surface area contributed by atoms with E-state index in [-0.39, 0.29) is 0 Å². The third kappa shape index (κ3) is 1.38. The SMILES string of the molecule is N#Cc1ccccc1C12CC3CC(CC(C3)C1)C2. The van der Waals surface area contributed by atoms with E-state index in [0.717, 1.165) is 23.3 Å². The topological polar surface area (TPSA) is 23.8 Å². The minimum absolute atomic E-state index is 0.362. The molecular formula is C17H19N. The quantitative estimate of drug-likeness (QED) is 0.723. The highest BCUT2D eigenvalue weighted by Crippen LogP contribution is 2.61. The van der Waals surface area contributed by atoms with Gasteiger partial charge in [0.2, 0.25) is 0 Å². The van der Waals surface area contributed by atoms with Crippen molar-refractivity contribution in [3.8, 4) is 6.07 Å². The van der Waals surface area contributed by atoms with E-state index in [9.17, 15) is 5.26 Å². The summed E-state index contributed by atoms with van der Waals surface area (Å²) in [5, 5.41) is 9.37. The van der Waals surface area contributed by atoms with E-state index in [1.807, 2.05) is 12.1 Å². The maximum Gasteiger partial charge on any atom is 0.0994 e. The number of rotatable bonds is 1. The van der Waals surface area contributed by atoms with Crippen LogP contribution in [0.25, 0.3) is 0 Å². The average Bonchev–Trinajstić information content (AvgIpc) is 2.37. The number of nitriles is 1. The molecule has 0 radical (unpaired) electrons. The van der Waals surface area contributed by atoms with Crippen molar-refractivity contribution in [2.75, 3.05) is 0 Å². The molecule has 0 unspecified atom stereocenters. The fourth-order valence-corrected chi connectivity index (χ4v) is 5.48. The van der Waals surface area contributed by atoms with Crippen molar-refractivity contribution in [2.24, 2.45) is 17.8 Å². The highest BCUT2D eigenvalue weighted by molar-refractivity contribution is 5.43. The Bertz CT molecular complexity index is 487. The first kappa shape index (κ1) is 10.6. The molecule has 4 saturated carbocycles. The first-order valence-corrected chi connectivity index (χ1v) is 7.29. The smallest absolute Gasteiger partial charge is 0.0994 e. The van der Waals surface area contributed by atoms with Gasteiger partial charge in [0.25, 0.3) is 0 Å². The van der Waals surface area contributed by atoms with E-state index < -0.39 is 0 Å². The Morgan fingerprint density at radius 1 is 0.944 bits per heavy atom. The fraction of sp³-hybridized carbons (Fsp3) is 0.588. The van der Waals surface area contributed by atoms with Crippen LogP contribution in [0.4, 0.5) is 0 Å². The van der Waals surface area contributed by atoms with Crippen molar-refractivity contribution in [1.82, 2.24) is 0 Å². The zero-order chi connectivity index (χ0) is 12.2. The fourth-order valence-electron chi connectivity index (χ4n) is 5.48. The molecule has 1 aromatic carbocycles. The van der Waals surface area contributed by atoms with Crippen LogP contribution in [0.5, 0.6) is 0 Å². The predicted molar refractivity (Wildman–Crippen MR) is 71.0 cm³/mol. The molecule has 0 amide bonds. The van der Waals surface area contributed by atoms with Gasteiger partial charge in [-0.05, 0) is 73.3 Å². The van der Waals surface area contributed by atoms with E-state index in [4.69, 9.17) is 0 Å². The van der Waals surface area contributed by atoms with Crippen molar-refractivity contribution < 1.29 is 0 Å². The maximum atomic E-state index is 9.37. The molecule has 0 heterocycles. The molecule has 0 N–H and O–H groups in total. The molecule has 5 rings (SSSR count). The van der Waals surface area contributed by atoms with Gasteiger partial charge in [-0.3, -0.25) is 0 Å². The number of benzene rings is 1. The van der Waals surface area contributed by atoms with E-state index >= 15 is 0 Å². The molecule has 4 fully saturated rings. The highest BCUT2D eigenvalue weighted by atomic mass is 14.6. The summed E-state index contributed by atoms with van der Waals surface area (Å²) in [4.78, 5) is 0. The Labute approximate surface area is 109 Å². The Hall–Kier alpha value is -1.29. The van der Waals surface area contributed by atoms with Crippen LogP contribution in [-0.2, 0) is 5.41 Å². The molecule has 0 spiro atoms. The molecule has 1 aromatic rings. The van der Waals surface area contributed by atoms with Crippen LogP contribution < -0.4 is 0 Å². The van der Waals surface area contributed by atoms with E-state index in [2.05, 4.69) is 18.2 Å². The highest BCUT2D eigenvalue weighted by Gasteiger charge is 2.52. The molecule has 92 valence electrons. The first-order chi connectivity index (χ1) is 8.79. The zero-order valence-electron chi connectivity index (χ0n) is 10.7. The number of hydrogen-bond donors (Lipinski definition) is 0. The van der Waals surface area contributed by atoms with Gasteiger partial charge in [0.05, 0.1) is 11.6 Å². The normalized spacial score (nSPS) is 40.7. The summed E-state index contributed by atoms with van der Waals surface area (Å²) < 4.78 is 0. The zero-order valence-corrected chi connectivity index (χ0v) is 10.7. The van der Waals surface area contributed by atoms with Crippen LogP contribution in [0.2, 0.25) is 0 Å². The van der Waals surface area contributed by atoms with Crippen LogP contribution in [-0.4, -0.2) is 0 Å². The molecule has 4 aliphatic rings. The molecule has 4 aliphatic carbocycles. The maximum absolute atomic E-state index is 9.37. The summed E-state index contributed by atoms with van der Waals surface area (Å²) in [7, 11) is 0. The van der Waals surface area contributed by atoms with Gasteiger partial charge in [0.15, 0.2) is 0 Å². The van der Waals surface area contributed by atoms with Gasteiger partial charge in [-0.15, -0.1) is 0 Å². The lowest BCUT2D eigenvalue weighted by Gasteiger charge is -2.57. The number of nitrogens with zero attached hydrogens (tertiary/aromatic N) is 1. The second-order valence-electron chi connectivity index (χ2n) is 6.86. The van der Waals surface area contributed by atoms with Crippen LogP contribution in [0.15, 0.2) is 24.3 Å². The van der Waals surface area contributed by atoms with Crippen molar-refractivity contribution in [3.63, 3.8) is 0 Å². The van der Waals surface area contributed by atoms with Gasteiger partial charge in [0, 0.05) is 0 Å². The van der Waals surface area contributed by atoms with Crippen molar-refractivity contribution in [2.45, 2.75) is 43.9 Å². The summed E-state index contributed by atoms with van der Waals surface area (Å²) in [5.41, 5.74) is 2.66. The molecule has 0 saturated heterocycles. The second kappa shape index (κ2) is 3.60. The first-order valence-electron chi connectivity index (χ1n) is 7.29. The van der Waals surface area contributed by atoms with E-state index in [1.165, 1.54) is 44.1 Å². The Kier molecular flexibility index (Phi) is 2.13. The average molecular weight is 237 g/mol. The van der Waals surface area contributed by atoms with Gasteiger partial charge in [-0.25, -0.2) is 0 Å². The summed E-state index contributed by atoms with van der Waals surface area (Å²) in [6, 6.07) is 10.8. The Morgan fingerprint density at radius 2 is 1.50 bits per heavy atom. The molecule has 1 heteroatoms. The van der Waals surface area contributed by atoms with Crippen molar-refractivity contribution in [3.05, 3.63) is 35.4 Å². The van der Waals surface area contributed by atoms with E-state index in [1.54, 1.807) is 0 Å². The van der Waals surface area contributed by atoms with Gasteiger partial charge < -0.3 is 0 Å². The Balaban J connectivity index is 1.82. The van der Waals surface area contributed by atoms with E-state index in [0.29, 0.717) is 5.41 Å². The summed E-state index contributed by atoms with van der Waals surface area (Å²) in [6.45, 7) is 0. The second-order valence-corrected chi connectivity index (χ2v) is 6.86. The molecule has 0 atom stereocenters. The monoisotopic (exact) mass is 237 g/mol. The minimum atomic E-state index is 0.362. The predicted octanol–water partition coefficient (Wildman–Crippen LogP) is 4.03. The van der Waals surface area contributed by atoms with Gasteiger partial charge in [-0.2, -0.15) is 5.26 Å². The van der Waals surface area contributed by atoms with Crippen LogP contribution in [0, 0.1) is 29.1 Å². The molecule has 1 nitrogen and oxygen atoms in total. The van der Waals surface area contributed by atoms with Crippen LogP contribution in [0.1, 0.15) is 49.7 Å². The molecule has 0 aromatic heterocycles. The van der Waals surface area contributed by atoms with Gasteiger partial charge in [-0.1, -0.05) is 18.2 Å². The van der Waals surface area contributed by atoms with Gasteiger partial charge >= 0.3 is 0 Å². The van der Waals surface area contributed by atoms with Crippen LogP contribution >= 0.6 is 0 Å². The lowest BCUT2D eigenvalue weighted by Crippen LogP contribution is -2.48. The lowest BCUT2D eigenvalue weighted by atomic mass is 9.47. The minimum Gasteiger partial charge on any atom is -0.192 e. The largest absolute Gasteiger partial charge is 0.192 e. The standard InChI is InChI=1S/C17H19N/c18-11-15-3-1-2-4-16(15)17-8-12-5-13(9-17)7-14(6-12)10-17/h1-4,12-14H,5-10H2. The Morgan fingerprint density at radius 3 is 2.06 bits per heavy atom. The third-order valence-electron chi connectivity index (χ3n) is 5.66. The molecule has 4 bridgehead atoms. The lowest BCUT2D eigenvalue weighted by molar-refractivity contribution is -0.00530. The third-order valence-corrected chi connectivity index (χ3v) is 5.66. The number of hydrogen-bond acceptors (Lipinski definition) is 1. The van der Waals surface area contributed by atoms with Gasteiger partial charge in [0.1, 0.15) is 0 Å². The van der Waals surface area contributed by atoms with Crippen LogP contribution in [0.3, 0.4) is 0 Å². The summed E-state index contributed by atoms with van der Waals surface area (Å²) in [6.07, 6.45) is 8.43.